The molecule has 1 aromatic carbocycles. The van der Waals surface area contributed by atoms with Gasteiger partial charge in [0.2, 0.25) is 11.8 Å². The molecule has 1 aliphatic rings. The van der Waals surface area contributed by atoms with E-state index in [9.17, 15) is 9.59 Å². The van der Waals surface area contributed by atoms with Gasteiger partial charge in [-0.3, -0.25) is 9.59 Å². The van der Waals surface area contributed by atoms with E-state index in [2.05, 4.69) is 5.32 Å². The van der Waals surface area contributed by atoms with Crippen molar-refractivity contribution in [2.24, 2.45) is 0 Å². The van der Waals surface area contributed by atoms with E-state index in [-0.39, 0.29) is 34.9 Å². The van der Waals surface area contributed by atoms with Crippen molar-refractivity contribution in [3.63, 3.8) is 0 Å². The third-order valence-electron chi connectivity index (χ3n) is 3.98. The molecular weight excluding hydrogens is 340 g/mol. The van der Waals surface area contributed by atoms with Crippen LogP contribution in [0.15, 0.2) is 18.2 Å². The fourth-order valence-corrected chi connectivity index (χ4v) is 4.12. The predicted octanol–water partition coefficient (Wildman–Crippen LogP) is 2.58. The number of hydrogen-bond donors (Lipinski definition) is 1. The summed E-state index contributed by atoms with van der Waals surface area (Å²) in [6, 6.07) is 5.65. The van der Waals surface area contributed by atoms with Crippen LogP contribution in [-0.2, 0) is 9.59 Å². The quantitative estimate of drug-likeness (QED) is 0.803. The van der Waals surface area contributed by atoms with Gasteiger partial charge in [-0.25, -0.2) is 0 Å². The van der Waals surface area contributed by atoms with Gasteiger partial charge < -0.3 is 19.7 Å². The van der Waals surface area contributed by atoms with Crippen LogP contribution < -0.4 is 14.8 Å². The minimum absolute atomic E-state index is 0.0391. The van der Waals surface area contributed by atoms with Crippen LogP contribution in [0.25, 0.3) is 0 Å². The number of benzene rings is 1. The van der Waals surface area contributed by atoms with Crippen LogP contribution in [0.2, 0.25) is 0 Å². The number of nitrogens with zero attached hydrogens (tertiary/aromatic N) is 1. The van der Waals surface area contributed by atoms with Crippen molar-refractivity contribution in [3.05, 3.63) is 23.8 Å². The minimum Gasteiger partial charge on any atom is -0.497 e. The first-order valence-corrected chi connectivity index (χ1v) is 9.28. The van der Waals surface area contributed by atoms with Crippen molar-refractivity contribution in [1.82, 2.24) is 10.2 Å². The Morgan fingerprint density at radius 2 is 2.04 bits per heavy atom. The van der Waals surface area contributed by atoms with Crippen LogP contribution >= 0.6 is 11.8 Å². The Morgan fingerprint density at radius 3 is 2.64 bits per heavy atom. The van der Waals surface area contributed by atoms with E-state index in [1.54, 1.807) is 30.9 Å². The molecule has 2 rings (SSSR count). The van der Waals surface area contributed by atoms with Crippen LogP contribution in [0.5, 0.6) is 11.5 Å². The molecule has 25 heavy (non-hydrogen) atoms. The number of amides is 2. The molecule has 1 aromatic rings. The molecule has 1 fully saturated rings. The molecule has 2 atom stereocenters. The fourth-order valence-electron chi connectivity index (χ4n) is 2.79. The second-order valence-corrected chi connectivity index (χ2v) is 7.67. The van der Waals surface area contributed by atoms with Crippen molar-refractivity contribution >= 4 is 23.6 Å². The highest BCUT2D eigenvalue weighted by molar-refractivity contribution is 8.01. The first kappa shape index (κ1) is 19.4. The molecule has 0 spiro atoms. The van der Waals surface area contributed by atoms with Gasteiger partial charge in [0.1, 0.15) is 16.9 Å². The van der Waals surface area contributed by atoms with Gasteiger partial charge in [0.25, 0.3) is 0 Å². The molecule has 0 aliphatic carbocycles. The largest absolute Gasteiger partial charge is 0.497 e. The Bertz CT molecular complexity index is 636. The van der Waals surface area contributed by atoms with Crippen molar-refractivity contribution in [3.8, 4) is 11.5 Å². The number of rotatable bonds is 7. The lowest BCUT2D eigenvalue weighted by atomic mass is 10.1. The molecular formula is C18H26N2O4S. The van der Waals surface area contributed by atoms with Crippen LogP contribution in [0.3, 0.4) is 0 Å². The van der Waals surface area contributed by atoms with E-state index in [1.807, 2.05) is 39.0 Å². The highest BCUT2D eigenvalue weighted by Crippen LogP contribution is 2.46. The zero-order valence-corrected chi connectivity index (χ0v) is 16.2. The maximum Gasteiger partial charge on any atom is 0.236 e. The summed E-state index contributed by atoms with van der Waals surface area (Å²) in [6.45, 7) is 6.10. The number of ether oxygens (including phenoxy) is 2. The predicted molar refractivity (Wildman–Crippen MR) is 98.9 cm³/mol. The van der Waals surface area contributed by atoms with Gasteiger partial charge in [-0.15, -0.1) is 11.8 Å². The molecule has 2 amide bonds. The molecule has 1 heterocycles. The molecule has 1 saturated heterocycles. The van der Waals surface area contributed by atoms with E-state index in [0.717, 1.165) is 5.56 Å². The highest BCUT2D eigenvalue weighted by Gasteiger charge is 2.39. The van der Waals surface area contributed by atoms with Gasteiger partial charge in [0.15, 0.2) is 0 Å². The average Bonchev–Trinajstić information content (AvgIpc) is 2.86. The Morgan fingerprint density at radius 1 is 1.32 bits per heavy atom. The first-order valence-electron chi connectivity index (χ1n) is 8.34. The van der Waals surface area contributed by atoms with Crippen molar-refractivity contribution in [2.45, 2.75) is 43.9 Å². The van der Waals surface area contributed by atoms with E-state index < -0.39 is 0 Å². The van der Waals surface area contributed by atoms with Gasteiger partial charge in [-0.1, -0.05) is 0 Å². The van der Waals surface area contributed by atoms with E-state index in [4.69, 9.17) is 9.47 Å². The number of carbonyl (C=O) groups is 2. The number of carbonyl (C=O) groups excluding carboxylic acids is 2. The van der Waals surface area contributed by atoms with Crippen LogP contribution in [-0.4, -0.2) is 48.8 Å². The standard InChI is InChI=1S/C18H26N2O4S/c1-11(2)19-16(21)8-9-20-17(22)12(3)25-18(20)14-10-13(23-4)6-7-15(14)24-5/h6-7,10-12,18H,8-9H2,1-5H3,(H,19,21). The summed E-state index contributed by atoms with van der Waals surface area (Å²) in [4.78, 5) is 26.3. The maximum atomic E-state index is 12.6. The third-order valence-corrected chi connectivity index (χ3v) is 5.36. The second-order valence-electron chi connectivity index (χ2n) is 6.24. The molecule has 0 bridgehead atoms. The van der Waals surface area contributed by atoms with Gasteiger partial charge in [0, 0.05) is 24.6 Å². The molecule has 7 heteroatoms. The number of methoxy groups -OCH3 is 2. The lowest BCUT2D eigenvalue weighted by Gasteiger charge is -2.25. The summed E-state index contributed by atoms with van der Waals surface area (Å²) >= 11 is 1.56. The first-order chi connectivity index (χ1) is 11.9. The topological polar surface area (TPSA) is 67.9 Å². The zero-order chi connectivity index (χ0) is 18.6. The van der Waals surface area contributed by atoms with Crippen molar-refractivity contribution in [2.75, 3.05) is 20.8 Å². The summed E-state index contributed by atoms with van der Waals surface area (Å²) in [5, 5.41) is 2.51. The average molecular weight is 366 g/mol. The van der Waals surface area contributed by atoms with Crippen LogP contribution in [0.1, 0.15) is 38.1 Å². The zero-order valence-electron chi connectivity index (χ0n) is 15.4. The Hall–Kier alpha value is -1.89. The lowest BCUT2D eigenvalue weighted by molar-refractivity contribution is -0.130. The number of nitrogens with one attached hydrogen (secondary N) is 1. The molecule has 0 saturated carbocycles. The van der Waals surface area contributed by atoms with Crippen molar-refractivity contribution in [1.29, 1.82) is 0 Å². The molecule has 2 unspecified atom stereocenters. The summed E-state index contributed by atoms with van der Waals surface area (Å²) < 4.78 is 10.8. The van der Waals surface area contributed by atoms with E-state index in [0.29, 0.717) is 18.0 Å². The maximum absolute atomic E-state index is 12.6. The molecule has 1 aliphatic heterocycles. The van der Waals surface area contributed by atoms with Crippen molar-refractivity contribution < 1.29 is 19.1 Å². The summed E-state index contributed by atoms with van der Waals surface area (Å²) in [5.74, 6) is 1.40. The highest BCUT2D eigenvalue weighted by atomic mass is 32.2. The van der Waals surface area contributed by atoms with Gasteiger partial charge in [-0.2, -0.15) is 0 Å². The van der Waals surface area contributed by atoms with E-state index >= 15 is 0 Å². The molecule has 138 valence electrons. The summed E-state index contributed by atoms with van der Waals surface area (Å²) in [5.41, 5.74) is 0.883. The molecule has 1 N–H and O–H groups in total. The molecule has 0 radical (unpaired) electrons. The molecule has 0 aromatic heterocycles. The van der Waals surface area contributed by atoms with E-state index in [1.165, 1.54) is 0 Å². The van der Waals surface area contributed by atoms with Crippen LogP contribution in [0.4, 0.5) is 0 Å². The smallest absolute Gasteiger partial charge is 0.236 e. The second kappa shape index (κ2) is 8.47. The number of thioether (sulfide) groups is 1. The van der Waals surface area contributed by atoms with Gasteiger partial charge >= 0.3 is 0 Å². The number of hydrogen-bond acceptors (Lipinski definition) is 5. The Kier molecular flexibility index (Phi) is 6.58. The lowest BCUT2D eigenvalue weighted by Crippen LogP contribution is -2.36. The monoisotopic (exact) mass is 366 g/mol. The van der Waals surface area contributed by atoms with Crippen LogP contribution in [0, 0.1) is 0 Å². The van der Waals surface area contributed by atoms with Gasteiger partial charge in [-0.05, 0) is 39.0 Å². The van der Waals surface area contributed by atoms with Gasteiger partial charge in [0.05, 0.1) is 19.5 Å². The third kappa shape index (κ3) is 4.60. The fraction of sp³-hybridized carbons (Fsp3) is 0.556. The molecule has 6 nitrogen and oxygen atoms in total. The summed E-state index contributed by atoms with van der Waals surface area (Å²) in [7, 11) is 3.21. The summed E-state index contributed by atoms with van der Waals surface area (Å²) in [6.07, 6.45) is 0.278. The normalized spacial score (nSPS) is 20.1. The Balaban J connectivity index is 2.23. The minimum atomic E-state index is -0.195. The Labute approximate surface area is 153 Å². The SMILES string of the molecule is COc1ccc(OC)c(C2SC(C)C(=O)N2CCC(=O)NC(C)C)c1.